The molecule has 234 valence electrons. The molecular weight excluding hydrogens is 568 g/mol. The number of nitrogens with zero attached hydrogens (tertiary/aromatic N) is 1. The smallest absolute Gasteiger partial charge is 0.408 e. The van der Waals surface area contributed by atoms with Crippen molar-refractivity contribution in [3.05, 3.63) is 71.9 Å². The highest BCUT2D eigenvalue weighted by Gasteiger charge is 2.39. The van der Waals surface area contributed by atoms with Crippen LogP contribution >= 0.6 is 0 Å². The number of alkyl carbamates (subject to hydrolysis) is 1. The van der Waals surface area contributed by atoms with E-state index < -0.39 is 60.0 Å². The third kappa shape index (κ3) is 8.59. The predicted octanol–water partition coefficient (Wildman–Crippen LogP) is 3.30. The number of carbonyl (C=O) groups is 5. The van der Waals surface area contributed by atoms with Crippen molar-refractivity contribution in [2.75, 3.05) is 6.54 Å². The van der Waals surface area contributed by atoms with E-state index in [-0.39, 0.29) is 19.6 Å². The number of benzene rings is 2. The molecule has 1 saturated heterocycles. The number of carboxylic acids is 1. The Balaban J connectivity index is 1.57. The molecule has 12 nitrogen and oxygen atoms in total. The fraction of sp³-hybridized carbons (Fsp3) is 0.406. The average molecular weight is 607 g/mol. The van der Waals surface area contributed by atoms with E-state index in [1.165, 1.54) is 4.90 Å². The molecule has 4 N–H and O–H groups in total. The molecule has 1 aromatic heterocycles. The van der Waals surface area contributed by atoms with Gasteiger partial charge in [-0.1, -0.05) is 48.5 Å². The Bertz CT molecular complexity index is 1500. The maximum Gasteiger partial charge on any atom is 0.408 e. The number of carboxylic acid groups (broad SMARTS) is 1. The molecule has 1 aliphatic heterocycles. The van der Waals surface area contributed by atoms with E-state index in [0.29, 0.717) is 12.8 Å². The number of H-pyrrole nitrogens is 1. The van der Waals surface area contributed by atoms with Crippen LogP contribution in [-0.2, 0) is 41.7 Å². The van der Waals surface area contributed by atoms with Crippen LogP contribution in [0.25, 0.3) is 10.9 Å². The molecule has 4 rings (SSSR count). The minimum atomic E-state index is -1.44. The van der Waals surface area contributed by atoms with Crippen molar-refractivity contribution in [2.45, 2.75) is 76.8 Å². The van der Waals surface area contributed by atoms with Crippen LogP contribution in [0.2, 0.25) is 0 Å². The van der Waals surface area contributed by atoms with Crippen LogP contribution in [0.5, 0.6) is 0 Å². The minimum absolute atomic E-state index is 0.0367. The first-order valence-electron chi connectivity index (χ1n) is 14.5. The fourth-order valence-electron chi connectivity index (χ4n) is 5.15. The molecule has 44 heavy (non-hydrogen) atoms. The van der Waals surface area contributed by atoms with Crippen molar-refractivity contribution < 1.29 is 38.6 Å². The Kier molecular flexibility index (Phi) is 10.2. The number of nitrogens with one attached hydrogen (secondary N) is 3. The highest BCUT2D eigenvalue weighted by atomic mass is 16.6. The van der Waals surface area contributed by atoms with Gasteiger partial charge >= 0.3 is 18.0 Å². The van der Waals surface area contributed by atoms with E-state index in [4.69, 9.17) is 9.47 Å². The lowest BCUT2D eigenvalue weighted by atomic mass is 10.0. The summed E-state index contributed by atoms with van der Waals surface area (Å²) in [7, 11) is 0. The van der Waals surface area contributed by atoms with Crippen molar-refractivity contribution in [3.8, 4) is 0 Å². The first kappa shape index (κ1) is 32.1. The first-order valence-corrected chi connectivity index (χ1v) is 14.5. The fourth-order valence-corrected chi connectivity index (χ4v) is 5.15. The van der Waals surface area contributed by atoms with Gasteiger partial charge in [0.15, 0.2) is 0 Å². The zero-order valence-electron chi connectivity index (χ0n) is 25.0. The molecule has 2 heterocycles. The second kappa shape index (κ2) is 14.1. The van der Waals surface area contributed by atoms with E-state index in [9.17, 15) is 29.1 Å². The number of likely N-dealkylation sites (tertiary alicyclic amines) is 1. The summed E-state index contributed by atoms with van der Waals surface area (Å²) in [4.78, 5) is 69.3. The maximum absolute atomic E-state index is 13.8. The van der Waals surface area contributed by atoms with Gasteiger partial charge in [-0.25, -0.2) is 9.59 Å². The number of para-hydroxylation sites is 1. The molecule has 3 amide bonds. The van der Waals surface area contributed by atoms with Crippen LogP contribution in [0.4, 0.5) is 4.79 Å². The van der Waals surface area contributed by atoms with Gasteiger partial charge in [-0.15, -0.1) is 0 Å². The molecule has 0 unspecified atom stereocenters. The van der Waals surface area contributed by atoms with E-state index in [1.807, 2.05) is 30.3 Å². The molecule has 3 atom stereocenters. The van der Waals surface area contributed by atoms with Crippen LogP contribution < -0.4 is 10.6 Å². The number of aromatic amines is 1. The zero-order valence-corrected chi connectivity index (χ0v) is 25.0. The van der Waals surface area contributed by atoms with Crippen molar-refractivity contribution in [2.24, 2.45) is 0 Å². The van der Waals surface area contributed by atoms with Gasteiger partial charge in [-0.05, 0) is 50.8 Å². The Morgan fingerprint density at radius 3 is 2.41 bits per heavy atom. The molecule has 1 aliphatic rings. The van der Waals surface area contributed by atoms with Gasteiger partial charge in [0.05, 0.1) is 6.42 Å². The van der Waals surface area contributed by atoms with Crippen LogP contribution in [0.1, 0.15) is 51.2 Å². The van der Waals surface area contributed by atoms with Gasteiger partial charge in [0, 0.05) is 30.1 Å². The second-order valence-electron chi connectivity index (χ2n) is 11.7. The van der Waals surface area contributed by atoms with E-state index in [2.05, 4.69) is 15.6 Å². The number of aromatic nitrogens is 1. The van der Waals surface area contributed by atoms with Crippen LogP contribution in [0.15, 0.2) is 60.8 Å². The molecule has 2 aromatic carbocycles. The number of rotatable bonds is 11. The third-order valence-corrected chi connectivity index (χ3v) is 7.15. The second-order valence-corrected chi connectivity index (χ2v) is 11.7. The quantitative estimate of drug-likeness (QED) is 0.241. The molecule has 0 saturated carbocycles. The summed E-state index contributed by atoms with van der Waals surface area (Å²) >= 11 is 0. The Labute approximate surface area is 255 Å². The molecule has 0 aliphatic carbocycles. The highest BCUT2D eigenvalue weighted by molar-refractivity contribution is 5.95. The van der Waals surface area contributed by atoms with Crippen LogP contribution in [0, 0.1) is 0 Å². The van der Waals surface area contributed by atoms with Crippen molar-refractivity contribution in [1.29, 1.82) is 0 Å². The monoisotopic (exact) mass is 606 g/mol. The van der Waals surface area contributed by atoms with E-state index in [1.54, 1.807) is 51.2 Å². The maximum atomic E-state index is 13.8. The number of amides is 3. The molecule has 3 aromatic rings. The Morgan fingerprint density at radius 2 is 1.70 bits per heavy atom. The SMILES string of the molecule is CC(C)(C)OC(=O)C[C@H](NC(=O)OCc1ccccc1)C(=O)N[C@@H](Cc1c[nH]c2ccccc12)C(=O)N1CCC[C@H]1C(=O)O. The average Bonchev–Trinajstić information content (AvgIpc) is 3.62. The topological polar surface area (TPSA) is 167 Å². The standard InChI is InChI=1S/C32H38N4O8/c1-32(2,3)44-27(37)17-24(35-31(42)43-19-20-10-5-4-6-11-20)28(38)34-25(29(39)36-15-9-14-26(36)30(40)41)16-21-18-33-23-13-8-7-12-22(21)23/h4-8,10-13,18,24-26,33H,9,14-17,19H2,1-3H3,(H,34,38)(H,35,42)(H,40,41)/t24-,25-,26-/m0/s1. The number of hydrogen-bond acceptors (Lipinski definition) is 7. The summed E-state index contributed by atoms with van der Waals surface area (Å²) < 4.78 is 10.7. The van der Waals surface area contributed by atoms with Crippen LogP contribution in [0.3, 0.4) is 0 Å². The summed E-state index contributed by atoms with van der Waals surface area (Å²) in [6, 6.07) is 12.7. The number of fused-ring (bicyclic) bond motifs is 1. The molecule has 0 spiro atoms. The van der Waals surface area contributed by atoms with Gasteiger partial charge < -0.3 is 35.1 Å². The molecule has 0 radical (unpaired) electrons. The Morgan fingerprint density at radius 1 is 1.00 bits per heavy atom. The number of ether oxygens (including phenoxy) is 2. The largest absolute Gasteiger partial charge is 0.480 e. The normalized spacial score (nSPS) is 16.2. The van der Waals surface area contributed by atoms with Crippen molar-refractivity contribution >= 4 is 40.7 Å². The lowest BCUT2D eigenvalue weighted by molar-refractivity contribution is -0.156. The van der Waals surface area contributed by atoms with Gasteiger partial charge in [0.2, 0.25) is 11.8 Å². The lowest BCUT2D eigenvalue weighted by Crippen LogP contribution is -2.57. The first-order chi connectivity index (χ1) is 20.9. The summed E-state index contributed by atoms with van der Waals surface area (Å²) in [5.74, 6) is -3.27. The number of hydrogen-bond donors (Lipinski definition) is 4. The highest BCUT2D eigenvalue weighted by Crippen LogP contribution is 2.23. The third-order valence-electron chi connectivity index (χ3n) is 7.15. The van der Waals surface area contributed by atoms with Gasteiger partial charge in [0.25, 0.3) is 0 Å². The summed E-state index contributed by atoms with van der Waals surface area (Å²) in [5.41, 5.74) is 1.43. The predicted molar refractivity (Wildman–Crippen MR) is 160 cm³/mol. The summed E-state index contributed by atoms with van der Waals surface area (Å²) in [6.45, 7) is 5.17. The Hall–Kier alpha value is -4.87. The minimum Gasteiger partial charge on any atom is -0.480 e. The summed E-state index contributed by atoms with van der Waals surface area (Å²) in [6.07, 6.45) is 1.10. The van der Waals surface area contributed by atoms with Crippen molar-refractivity contribution in [1.82, 2.24) is 20.5 Å². The van der Waals surface area contributed by atoms with Gasteiger partial charge in [-0.2, -0.15) is 0 Å². The van der Waals surface area contributed by atoms with Crippen LogP contribution in [-0.4, -0.2) is 75.1 Å². The van der Waals surface area contributed by atoms with E-state index >= 15 is 0 Å². The number of carbonyl (C=O) groups excluding carboxylic acids is 4. The van der Waals surface area contributed by atoms with E-state index in [0.717, 1.165) is 22.0 Å². The molecular formula is C32H38N4O8. The van der Waals surface area contributed by atoms with Gasteiger partial charge in [-0.3, -0.25) is 14.4 Å². The lowest BCUT2D eigenvalue weighted by Gasteiger charge is -2.29. The number of aliphatic carboxylic acids is 1. The summed E-state index contributed by atoms with van der Waals surface area (Å²) in [5, 5.41) is 15.7. The molecule has 12 heteroatoms. The number of esters is 1. The molecule has 1 fully saturated rings. The molecule has 0 bridgehead atoms. The van der Waals surface area contributed by atoms with Gasteiger partial charge in [0.1, 0.15) is 30.3 Å². The zero-order chi connectivity index (χ0) is 31.9. The van der Waals surface area contributed by atoms with Crippen molar-refractivity contribution in [3.63, 3.8) is 0 Å².